The molecule has 0 spiro atoms. The SMILES string of the molecule is Cc1cc([C@H]2[C@H](c3ccccn3)NC(=S)N2c2ccc(N3CCOCC3)cc2)c(C)n1-c1cccc2ccccc12. The summed E-state index contributed by atoms with van der Waals surface area (Å²) in [6, 6.07) is 32.1. The molecule has 6 nitrogen and oxygen atoms in total. The summed E-state index contributed by atoms with van der Waals surface area (Å²) in [4.78, 5) is 9.40. The van der Waals surface area contributed by atoms with E-state index in [-0.39, 0.29) is 12.1 Å². The monoisotopic (exact) mass is 559 g/mol. The number of ether oxygens (including phenoxy) is 1. The van der Waals surface area contributed by atoms with Gasteiger partial charge in [-0.3, -0.25) is 4.98 Å². The fourth-order valence-electron chi connectivity index (χ4n) is 6.46. The van der Waals surface area contributed by atoms with Gasteiger partial charge in [-0.1, -0.05) is 42.5 Å². The zero-order valence-corrected chi connectivity index (χ0v) is 24.1. The topological polar surface area (TPSA) is 45.6 Å². The minimum absolute atomic E-state index is 0.0680. The number of benzene rings is 3. The van der Waals surface area contributed by atoms with Gasteiger partial charge in [0.15, 0.2) is 5.11 Å². The van der Waals surface area contributed by atoms with Crippen molar-refractivity contribution < 1.29 is 4.74 Å². The van der Waals surface area contributed by atoms with Gasteiger partial charge in [0.25, 0.3) is 0 Å². The van der Waals surface area contributed by atoms with E-state index in [4.69, 9.17) is 21.9 Å². The zero-order valence-electron chi connectivity index (χ0n) is 23.3. The lowest BCUT2D eigenvalue weighted by molar-refractivity contribution is 0.122. The van der Waals surface area contributed by atoms with E-state index in [0.717, 1.165) is 37.7 Å². The Morgan fingerprint density at radius 2 is 1.59 bits per heavy atom. The Bertz CT molecular complexity index is 1700. The molecule has 2 saturated heterocycles. The van der Waals surface area contributed by atoms with Crippen molar-refractivity contribution in [2.45, 2.75) is 25.9 Å². The van der Waals surface area contributed by atoms with Crippen molar-refractivity contribution in [3.05, 3.63) is 120 Å². The Morgan fingerprint density at radius 3 is 2.37 bits per heavy atom. The zero-order chi connectivity index (χ0) is 27.9. The van der Waals surface area contributed by atoms with Crippen LogP contribution in [0.25, 0.3) is 16.5 Å². The van der Waals surface area contributed by atoms with Crippen LogP contribution in [0.1, 0.15) is 34.7 Å². The van der Waals surface area contributed by atoms with Crippen LogP contribution in [0.15, 0.2) is 97.2 Å². The van der Waals surface area contributed by atoms with E-state index in [0.29, 0.717) is 5.11 Å². The number of aromatic nitrogens is 2. The number of nitrogens with zero attached hydrogens (tertiary/aromatic N) is 4. The molecular formula is C34H33N5OS. The predicted molar refractivity (Wildman–Crippen MR) is 170 cm³/mol. The molecule has 7 heteroatoms. The molecule has 0 amide bonds. The summed E-state index contributed by atoms with van der Waals surface area (Å²) >= 11 is 6.03. The summed E-state index contributed by atoms with van der Waals surface area (Å²) in [5.41, 5.74) is 8.06. The van der Waals surface area contributed by atoms with Gasteiger partial charge >= 0.3 is 0 Å². The first-order valence-electron chi connectivity index (χ1n) is 14.2. The van der Waals surface area contributed by atoms with Gasteiger partial charge in [0.1, 0.15) is 0 Å². The lowest BCUT2D eigenvalue weighted by Crippen LogP contribution is -2.36. The van der Waals surface area contributed by atoms with E-state index in [1.54, 1.807) is 0 Å². The van der Waals surface area contributed by atoms with Gasteiger partial charge in [0.05, 0.1) is 36.7 Å². The van der Waals surface area contributed by atoms with Crippen LogP contribution in [0.4, 0.5) is 11.4 Å². The molecule has 2 aliphatic rings. The summed E-state index contributed by atoms with van der Waals surface area (Å²) in [5.74, 6) is 0. The maximum absolute atomic E-state index is 6.03. The third kappa shape index (κ3) is 4.55. The van der Waals surface area contributed by atoms with Crippen LogP contribution in [-0.2, 0) is 4.74 Å². The van der Waals surface area contributed by atoms with Gasteiger partial charge in [0.2, 0.25) is 0 Å². The highest BCUT2D eigenvalue weighted by molar-refractivity contribution is 7.80. The molecule has 0 bridgehead atoms. The van der Waals surface area contributed by atoms with E-state index < -0.39 is 0 Å². The first-order chi connectivity index (χ1) is 20.1. The molecular weight excluding hydrogens is 526 g/mol. The maximum atomic E-state index is 6.03. The Balaban J connectivity index is 1.34. The van der Waals surface area contributed by atoms with Crippen molar-refractivity contribution in [1.82, 2.24) is 14.9 Å². The highest BCUT2D eigenvalue weighted by atomic mass is 32.1. The largest absolute Gasteiger partial charge is 0.378 e. The molecule has 2 atom stereocenters. The predicted octanol–water partition coefficient (Wildman–Crippen LogP) is 6.66. The molecule has 0 radical (unpaired) electrons. The number of fused-ring (bicyclic) bond motifs is 1. The minimum Gasteiger partial charge on any atom is -0.378 e. The average molecular weight is 560 g/mol. The standard InChI is InChI=1S/C34H33N5OS/c1-23-22-29(24(2)38(23)31-12-7-9-25-8-3-4-10-28(25)31)33-32(30-11-5-6-17-35-30)36-34(41)39(33)27-15-13-26(14-16-27)37-18-20-40-21-19-37/h3-17,22,32-33H,18-21H2,1-2H3,(H,36,41)/t32-,33-/m0/s1. The third-order valence-electron chi connectivity index (χ3n) is 8.40. The van der Waals surface area contributed by atoms with Crippen LogP contribution >= 0.6 is 12.2 Å². The fraction of sp³-hybridized carbons (Fsp3) is 0.235. The first-order valence-corrected chi connectivity index (χ1v) is 14.6. The molecule has 3 aromatic carbocycles. The van der Waals surface area contributed by atoms with Crippen molar-refractivity contribution in [2.24, 2.45) is 0 Å². The maximum Gasteiger partial charge on any atom is 0.174 e. The van der Waals surface area contributed by atoms with Crippen molar-refractivity contribution in [2.75, 3.05) is 36.1 Å². The Morgan fingerprint density at radius 1 is 0.854 bits per heavy atom. The number of anilines is 2. The van der Waals surface area contributed by atoms with E-state index in [1.807, 2.05) is 18.3 Å². The van der Waals surface area contributed by atoms with Gasteiger partial charge in [-0.2, -0.15) is 0 Å². The molecule has 4 heterocycles. The van der Waals surface area contributed by atoms with Crippen LogP contribution in [0.5, 0.6) is 0 Å². The van der Waals surface area contributed by atoms with Gasteiger partial charge < -0.3 is 24.4 Å². The number of rotatable bonds is 5. The Labute approximate surface area is 246 Å². The summed E-state index contributed by atoms with van der Waals surface area (Å²) < 4.78 is 7.94. The second-order valence-electron chi connectivity index (χ2n) is 10.8. The molecule has 0 aliphatic carbocycles. The van der Waals surface area contributed by atoms with E-state index in [1.165, 1.54) is 39.1 Å². The molecule has 7 rings (SSSR count). The molecule has 1 N–H and O–H groups in total. The summed E-state index contributed by atoms with van der Waals surface area (Å²) in [6.45, 7) is 7.77. The van der Waals surface area contributed by atoms with Gasteiger partial charge in [-0.15, -0.1) is 0 Å². The second-order valence-corrected chi connectivity index (χ2v) is 11.2. The number of morpholine rings is 1. The molecule has 2 aliphatic heterocycles. The van der Waals surface area contributed by atoms with Crippen molar-refractivity contribution in [3.63, 3.8) is 0 Å². The van der Waals surface area contributed by atoms with E-state index in [2.05, 4.69) is 112 Å². The highest BCUT2D eigenvalue weighted by Gasteiger charge is 2.42. The molecule has 206 valence electrons. The number of aryl methyl sites for hydroxylation is 1. The molecule has 0 saturated carbocycles. The molecule has 5 aromatic rings. The van der Waals surface area contributed by atoms with Crippen molar-refractivity contribution in [1.29, 1.82) is 0 Å². The lowest BCUT2D eigenvalue weighted by atomic mass is 9.96. The van der Waals surface area contributed by atoms with Gasteiger partial charge in [-0.25, -0.2) is 0 Å². The molecule has 0 unspecified atom stereocenters. The minimum atomic E-state index is -0.0934. The quantitative estimate of drug-likeness (QED) is 0.243. The van der Waals surface area contributed by atoms with Crippen LogP contribution in [0.2, 0.25) is 0 Å². The summed E-state index contributed by atoms with van der Waals surface area (Å²) in [7, 11) is 0. The van der Waals surface area contributed by atoms with Crippen LogP contribution < -0.4 is 15.1 Å². The molecule has 2 aromatic heterocycles. The average Bonchev–Trinajstić information content (AvgIpc) is 3.52. The lowest BCUT2D eigenvalue weighted by Gasteiger charge is -2.31. The normalized spacial score (nSPS) is 19.1. The third-order valence-corrected chi connectivity index (χ3v) is 8.71. The molecule has 2 fully saturated rings. The number of pyridine rings is 1. The van der Waals surface area contributed by atoms with Crippen LogP contribution in [0.3, 0.4) is 0 Å². The van der Waals surface area contributed by atoms with Crippen LogP contribution in [0, 0.1) is 13.8 Å². The number of hydrogen-bond donors (Lipinski definition) is 1. The highest BCUT2D eigenvalue weighted by Crippen LogP contribution is 2.44. The second kappa shape index (κ2) is 10.7. The summed E-state index contributed by atoms with van der Waals surface area (Å²) in [5, 5.41) is 6.81. The number of nitrogens with one attached hydrogen (secondary N) is 1. The van der Waals surface area contributed by atoms with E-state index >= 15 is 0 Å². The van der Waals surface area contributed by atoms with Crippen molar-refractivity contribution >= 4 is 39.5 Å². The first kappa shape index (κ1) is 25.7. The fourth-order valence-corrected chi connectivity index (χ4v) is 6.80. The van der Waals surface area contributed by atoms with Gasteiger partial charge in [-0.05, 0) is 85.5 Å². The number of thiocarbonyl (C=S) groups is 1. The summed E-state index contributed by atoms with van der Waals surface area (Å²) in [6.07, 6.45) is 1.86. The van der Waals surface area contributed by atoms with Gasteiger partial charge in [0, 0.05) is 47.4 Å². The smallest absolute Gasteiger partial charge is 0.174 e. The molecule has 41 heavy (non-hydrogen) atoms. The van der Waals surface area contributed by atoms with E-state index in [9.17, 15) is 0 Å². The van der Waals surface area contributed by atoms with Crippen LogP contribution in [-0.4, -0.2) is 41.0 Å². The number of hydrogen-bond acceptors (Lipinski definition) is 4. The Kier molecular flexibility index (Phi) is 6.69. The Hall–Kier alpha value is -4.20. The van der Waals surface area contributed by atoms with Crippen molar-refractivity contribution in [3.8, 4) is 5.69 Å².